The highest BCUT2D eigenvalue weighted by Gasteiger charge is 2.17. The van der Waals surface area contributed by atoms with Gasteiger partial charge in [-0.25, -0.2) is 4.98 Å². The molecule has 4 aromatic rings. The Balaban J connectivity index is 1.55. The lowest BCUT2D eigenvalue weighted by Gasteiger charge is -2.09. The van der Waals surface area contributed by atoms with Gasteiger partial charge in [0.25, 0.3) is 0 Å². The molecule has 5 nitrogen and oxygen atoms in total. The number of rotatable bonds is 5. The van der Waals surface area contributed by atoms with Crippen LogP contribution in [0.25, 0.3) is 20.8 Å². The first kappa shape index (κ1) is 19.3. The zero-order chi connectivity index (χ0) is 19.7. The molecule has 0 atom stereocenters. The molecule has 9 heteroatoms. The van der Waals surface area contributed by atoms with Crippen LogP contribution in [0, 0.1) is 13.8 Å². The summed E-state index contributed by atoms with van der Waals surface area (Å²) < 4.78 is 1.00. The second-order valence-corrected chi connectivity index (χ2v) is 9.51. The summed E-state index contributed by atoms with van der Waals surface area (Å²) in [4.78, 5) is 18.1. The Morgan fingerprint density at radius 3 is 2.86 bits per heavy atom. The number of nitrogens with zero attached hydrogens (tertiary/aromatic N) is 3. The van der Waals surface area contributed by atoms with Crippen LogP contribution in [0.2, 0.25) is 5.02 Å². The van der Waals surface area contributed by atoms with Gasteiger partial charge in [-0.15, -0.1) is 32.9 Å². The maximum atomic E-state index is 12.4. The number of thioether (sulfide) groups is 1. The molecule has 4 rings (SSSR count). The minimum Gasteiger partial charge on any atom is -0.325 e. The smallest absolute Gasteiger partial charge is 0.234 e. The zero-order valence-corrected chi connectivity index (χ0v) is 18.2. The van der Waals surface area contributed by atoms with Crippen LogP contribution in [0.4, 0.5) is 5.69 Å². The first-order valence-electron chi connectivity index (χ1n) is 8.38. The second-order valence-electron chi connectivity index (χ2n) is 5.99. The molecule has 0 aliphatic heterocycles. The Kier molecular flexibility index (Phi) is 5.63. The van der Waals surface area contributed by atoms with E-state index < -0.39 is 0 Å². The van der Waals surface area contributed by atoms with Crippen LogP contribution in [-0.4, -0.2) is 26.8 Å². The van der Waals surface area contributed by atoms with E-state index in [1.54, 1.807) is 28.7 Å². The topological polar surface area (TPSA) is 67.8 Å². The third-order valence-corrected chi connectivity index (χ3v) is 7.25. The molecule has 1 amide bonds. The molecule has 0 saturated heterocycles. The van der Waals surface area contributed by atoms with E-state index in [2.05, 4.69) is 20.5 Å². The lowest BCUT2D eigenvalue weighted by molar-refractivity contribution is -0.113. The predicted octanol–water partition coefficient (Wildman–Crippen LogP) is 5.82. The Bertz CT molecular complexity index is 1160. The highest BCUT2D eigenvalue weighted by Crippen LogP contribution is 2.36. The lowest BCUT2D eigenvalue weighted by atomic mass is 10.2. The third kappa shape index (κ3) is 3.91. The first-order valence-corrected chi connectivity index (χ1v) is 11.4. The number of carbonyl (C=O) groups is 1. The number of benzene rings is 1. The van der Waals surface area contributed by atoms with Gasteiger partial charge in [-0.3, -0.25) is 4.79 Å². The minimum atomic E-state index is -0.125. The molecule has 3 aromatic heterocycles. The minimum absolute atomic E-state index is 0.125. The summed E-state index contributed by atoms with van der Waals surface area (Å²) in [6.45, 7) is 3.84. The maximum Gasteiger partial charge on any atom is 0.234 e. The van der Waals surface area contributed by atoms with Gasteiger partial charge in [0.2, 0.25) is 5.91 Å². The molecule has 0 bridgehead atoms. The summed E-state index contributed by atoms with van der Waals surface area (Å²) in [6, 6.07) is 9.46. The van der Waals surface area contributed by atoms with E-state index in [9.17, 15) is 4.79 Å². The van der Waals surface area contributed by atoms with Crippen LogP contribution >= 0.6 is 46.0 Å². The Morgan fingerprint density at radius 1 is 1.21 bits per heavy atom. The number of aryl methyl sites for hydroxylation is 1. The molecule has 0 aliphatic rings. The number of carbonyl (C=O) groups excluding carboxylic acids is 1. The summed E-state index contributed by atoms with van der Waals surface area (Å²) in [5.74, 6) is 0.0876. The number of hydrogen-bond acceptors (Lipinski definition) is 7. The number of fused-ring (bicyclic) bond motifs is 1. The molecular formula is C19H15ClN4OS3. The SMILES string of the molecule is Cc1nc2c(SCC(=O)Nc3cccc(Cl)c3C)nnc(-c3cccs3)c2s1. The molecule has 0 unspecified atom stereocenters. The Labute approximate surface area is 179 Å². The van der Waals surface area contributed by atoms with E-state index in [1.165, 1.54) is 11.8 Å². The molecule has 0 aliphatic carbocycles. The fraction of sp³-hybridized carbons (Fsp3) is 0.158. The van der Waals surface area contributed by atoms with Gasteiger partial charge >= 0.3 is 0 Å². The van der Waals surface area contributed by atoms with E-state index in [0.29, 0.717) is 15.7 Å². The van der Waals surface area contributed by atoms with E-state index in [-0.39, 0.29) is 11.7 Å². The molecule has 3 heterocycles. The molecule has 142 valence electrons. The van der Waals surface area contributed by atoms with Gasteiger partial charge in [-0.1, -0.05) is 35.5 Å². The van der Waals surface area contributed by atoms with Crippen LogP contribution in [0.15, 0.2) is 40.7 Å². The van der Waals surface area contributed by atoms with Crippen molar-refractivity contribution < 1.29 is 4.79 Å². The van der Waals surface area contributed by atoms with Crippen molar-refractivity contribution in [3.8, 4) is 10.6 Å². The summed E-state index contributed by atoms with van der Waals surface area (Å²) in [5, 5.41) is 15.9. The number of thiazole rings is 1. The van der Waals surface area contributed by atoms with Gasteiger partial charge in [-0.2, -0.15) is 0 Å². The Morgan fingerprint density at radius 2 is 2.07 bits per heavy atom. The lowest BCUT2D eigenvalue weighted by Crippen LogP contribution is -2.15. The van der Waals surface area contributed by atoms with E-state index >= 15 is 0 Å². The molecule has 1 aromatic carbocycles. The van der Waals surface area contributed by atoms with Gasteiger partial charge in [0, 0.05) is 10.7 Å². The first-order chi connectivity index (χ1) is 13.5. The van der Waals surface area contributed by atoms with Crippen molar-refractivity contribution in [2.75, 3.05) is 11.1 Å². The standard InChI is InChI=1S/C19H15ClN4OS3/c1-10-12(20)5-3-6-13(10)22-15(25)9-27-19-17-18(28-11(2)21-17)16(23-24-19)14-7-4-8-26-14/h3-8H,9H2,1-2H3,(H,22,25). The fourth-order valence-corrected chi connectivity index (χ4v) is 5.32. The average Bonchev–Trinajstić information content (AvgIpc) is 3.33. The highest BCUT2D eigenvalue weighted by molar-refractivity contribution is 8.00. The normalized spacial score (nSPS) is 11.1. The number of amides is 1. The van der Waals surface area contributed by atoms with Crippen molar-refractivity contribution in [2.45, 2.75) is 18.9 Å². The second kappa shape index (κ2) is 8.16. The van der Waals surface area contributed by atoms with Gasteiger partial charge in [0.15, 0.2) is 0 Å². The van der Waals surface area contributed by atoms with Crippen molar-refractivity contribution in [2.24, 2.45) is 0 Å². The van der Waals surface area contributed by atoms with E-state index in [1.807, 2.05) is 43.5 Å². The van der Waals surface area contributed by atoms with Crippen molar-refractivity contribution in [1.82, 2.24) is 15.2 Å². The van der Waals surface area contributed by atoms with Crippen molar-refractivity contribution in [1.29, 1.82) is 0 Å². The molecule has 0 radical (unpaired) electrons. The summed E-state index contributed by atoms with van der Waals surface area (Å²) in [5.41, 5.74) is 3.21. The number of hydrogen-bond donors (Lipinski definition) is 1. The van der Waals surface area contributed by atoms with Gasteiger partial charge in [0.05, 0.1) is 20.3 Å². The number of halogens is 1. The highest BCUT2D eigenvalue weighted by atomic mass is 35.5. The zero-order valence-electron chi connectivity index (χ0n) is 15.0. The number of anilines is 1. The maximum absolute atomic E-state index is 12.4. The van der Waals surface area contributed by atoms with Crippen LogP contribution in [-0.2, 0) is 4.79 Å². The van der Waals surface area contributed by atoms with E-state index in [0.717, 1.165) is 31.4 Å². The van der Waals surface area contributed by atoms with Crippen LogP contribution < -0.4 is 5.32 Å². The molecule has 0 spiro atoms. The number of nitrogens with one attached hydrogen (secondary N) is 1. The molecule has 0 saturated carbocycles. The van der Waals surface area contributed by atoms with Crippen LogP contribution in [0.3, 0.4) is 0 Å². The van der Waals surface area contributed by atoms with Crippen molar-refractivity contribution in [3.63, 3.8) is 0 Å². The quantitative estimate of drug-likeness (QED) is 0.391. The average molecular weight is 447 g/mol. The molecule has 28 heavy (non-hydrogen) atoms. The predicted molar refractivity (Wildman–Crippen MR) is 119 cm³/mol. The van der Waals surface area contributed by atoms with E-state index in [4.69, 9.17) is 11.6 Å². The molecule has 1 N–H and O–H groups in total. The van der Waals surface area contributed by atoms with Gasteiger partial charge in [0.1, 0.15) is 16.2 Å². The molecule has 0 fully saturated rings. The summed E-state index contributed by atoms with van der Waals surface area (Å²) in [7, 11) is 0. The largest absolute Gasteiger partial charge is 0.325 e. The van der Waals surface area contributed by atoms with Gasteiger partial charge in [-0.05, 0) is 43.0 Å². The fourth-order valence-electron chi connectivity index (χ4n) is 2.66. The van der Waals surface area contributed by atoms with Crippen LogP contribution in [0.1, 0.15) is 10.6 Å². The van der Waals surface area contributed by atoms with Crippen molar-refractivity contribution >= 4 is 67.8 Å². The van der Waals surface area contributed by atoms with Crippen molar-refractivity contribution in [3.05, 3.63) is 51.3 Å². The Hall–Kier alpha value is -2.00. The number of thiophene rings is 1. The van der Waals surface area contributed by atoms with Gasteiger partial charge < -0.3 is 5.32 Å². The summed E-state index contributed by atoms with van der Waals surface area (Å²) >= 11 is 10.7. The third-order valence-electron chi connectivity index (χ3n) is 4.03. The molecular weight excluding hydrogens is 432 g/mol. The number of aromatic nitrogens is 3. The summed E-state index contributed by atoms with van der Waals surface area (Å²) in [6.07, 6.45) is 0. The monoisotopic (exact) mass is 446 g/mol. The van der Waals surface area contributed by atoms with Crippen LogP contribution in [0.5, 0.6) is 0 Å².